The highest BCUT2D eigenvalue weighted by atomic mass is 16.5. The van der Waals surface area contributed by atoms with E-state index in [2.05, 4.69) is 66.6 Å². The van der Waals surface area contributed by atoms with Crippen molar-refractivity contribution >= 4 is 6.02 Å². The Morgan fingerprint density at radius 3 is 2.64 bits per heavy atom. The zero-order chi connectivity index (χ0) is 15.4. The van der Waals surface area contributed by atoms with Crippen LogP contribution in [0.25, 0.3) is 0 Å². The minimum Gasteiger partial charge on any atom is -0.463 e. The Morgan fingerprint density at radius 2 is 1.91 bits per heavy atom. The molecule has 0 saturated heterocycles. The number of hydrogen-bond acceptors (Lipinski definition) is 3. The van der Waals surface area contributed by atoms with Crippen LogP contribution in [-0.4, -0.2) is 19.2 Å². The molecule has 0 radical (unpaired) electrons. The van der Waals surface area contributed by atoms with Gasteiger partial charge in [-0.15, -0.1) is 0 Å². The van der Waals surface area contributed by atoms with E-state index in [0.717, 1.165) is 13.0 Å². The lowest BCUT2D eigenvalue weighted by Gasteiger charge is -2.22. The Morgan fingerprint density at radius 1 is 1.09 bits per heavy atom. The van der Waals surface area contributed by atoms with Crippen molar-refractivity contribution in [2.24, 2.45) is 4.99 Å². The van der Waals surface area contributed by atoms with Crippen LogP contribution in [0.1, 0.15) is 28.3 Å². The third kappa shape index (κ3) is 3.30. The van der Waals surface area contributed by atoms with E-state index in [1.54, 1.807) is 0 Å². The van der Waals surface area contributed by atoms with Gasteiger partial charge in [0.1, 0.15) is 6.61 Å². The molecule has 3 nitrogen and oxygen atoms in total. The van der Waals surface area contributed by atoms with Gasteiger partial charge in [-0.1, -0.05) is 48.5 Å². The fourth-order valence-electron chi connectivity index (χ4n) is 2.81. The van der Waals surface area contributed by atoms with E-state index in [0.29, 0.717) is 12.6 Å². The highest BCUT2D eigenvalue weighted by molar-refractivity contribution is 5.75. The van der Waals surface area contributed by atoms with Crippen LogP contribution in [0.15, 0.2) is 53.5 Å². The second kappa shape index (κ2) is 6.65. The molecular formula is C19H22N2O. The summed E-state index contributed by atoms with van der Waals surface area (Å²) in [5, 5.41) is 3.48. The van der Waals surface area contributed by atoms with Crippen LogP contribution < -0.4 is 5.32 Å². The maximum Gasteiger partial charge on any atom is 0.285 e. The van der Waals surface area contributed by atoms with E-state index in [9.17, 15) is 0 Å². The first kappa shape index (κ1) is 14.6. The molecule has 0 spiro atoms. The van der Waals surface area contributed by atoms with Crippen molar-refractivity contribution in [1.29, 1.82) is 0 Å². The number of aryl methyl sites for hydroxylation is 1. The number of nitrogens with one attached hydrogen (secondary N) is 1. The number of ether oxygens (including phenoxy) is 1. The molecule has 114 valence electrons. The van der Waals surface area contributed by atoms with Crippen molar-refractivity contribution in [2.75, 3.05) is 13.2 Å². The summed E-state index contributed by atoms with van der Waals surface area (Å²) in [6, 6.07) is 17.8. The Labute approximate surface area is 132 Å². The molecule has 3 rings (SSSR count). The van der Waals surface area contributed by atoms with Crippen molar-refractivity contribution in [3.63, 3.8) is 0 Å². The van der Waals surface area contributed by atoms with E-state index in [1.807, 2.05) is 6.07 Å². The largest absolute Gasteiger partial charge is 0.463 e. The van der Waals surface area contributed by atoms with Crippen molar-refractivity contribution < 1.29 is 4.74 Å². The van der Waals surface area contributed by atoms with E-state index in [1.165, 1.54) is 22.3 Å². The molecular weight excluding hydrogens is 272 g/mol. The smallest absolute Gasteiger partial charge is 0.285 e. The Kier molecular flexibility index (Phi) is 4.42. The minimum absolute atomic E-state index is 0.166. The summed E-state index contributed by atoms with van der Waals surface area (Å²) in [6.07, 6.45) is 0.910. The maximum atomic E-state index is 5.55. The Bertz CT molecular complexity index is 664. The maximum absolute atomic E-state index is 5.55. The number of benzene rings is 2. The molecule has 1 atom stereocenters. The van der Waals surface area contributed by atoms with E-state index in [4.69, 9.17) is 4.74 Å². The van der Waals surface area contributed by atoms with Crippen LogP contribution in [0.4, 0.5) is 0 Å². The van der Waals surface area contributed by atoms with Crippen LogP contribution >= 0.6 is 0 Å². The quantitative estimate of drug-likeness (QED) is 0.935. The van der Waals surface area contributed by atoms with Crippen molar-refractivity contribution in [3.05, 3.63) is 70.8 Å². The number of rotatable bonds is 4. The zero-order valence-electron chi connectivity index (χ0n) is 13.2. The molecule has 22 heavy (non-hydrogen) atoms. The Balaban J connectivity index is 1.89. The summed E-state index contributed by atoms with van der Waals surface area (Å²) in [6.45, 7) is 5.75. The van der Waals surface area contributed by atoms with Gasteiger partial charge < -0.3 is 10.1 Å². The van der Waals surface area contributed by atoms with Crippen molar-refractivity contribution in [1.82, 2.24) is 5.32 Å². The summed E-state index contributed by atoms with van der Waals surface area (Å²) >= 11 is 0. The molecule has 1 N–H and O–H groups in total. The lowest BCUT2D eigenvalue weighted by atomic mass is 9.93. The topological polar surface area (TPSA) is 33.6 Å². The molecule has 0 aromatic heterocycles. The first-order valence-corrected chi connectivity index (χ1v) is 7.78. The summed E-state index contributed by atoms with van der Waals surface area (Å²) in [5.41, 5.74) is 5.25. The van der Waals surface area contributed by atoms with E-state index < -0.39 is 0 Å². The van der Waals surface area contributed by atoms with Gasteiger partial charge in [-0.2, -0.15) is 0 Å². The molecule has 1 aliphatic heterocycles. The first-order chi connectivity index (χ1) is 10.7. The highest BCUT2D eigenvalue weighted by Crippen LogP contribution is 2.24. The monoisotopic (exact) mass is 294 g/mol. The number of amidine groups is 1. The van der Waals surface area contributed by atoms with E-state index >= 15 is 0 Å². The van der Waals surface area contributed by atoms with Crippen molar-refractivity contribution in [3.8, 4) is 0 Å². The molecule has 2 aromatic rings. The molecule has 0 aliphatic carbocycles. The minimum atomic E-state index is 0.166. The lowest BCUT2D eigenvalue weighted by Crippen LogP contribution is -2.30. The molecule has 0 fully saturated rings. The summed E-state index contributed by atoms with van der Waals surface area (Å²) in [7, 11) is 0. The number of nitrogens with zero attached hydrogens (tertiary/aromatic N) is 1. The zero-order valence-corrected chi connectivity index (χ0v) is 13.2. The number of hydrogen-bond donors (Lipinski definition) is 1. The van der Waals surface area contributed by atoms with Crippen LogP contribution in [0.2, 0.25) is 0 Å². The second-order valence-electron chi connectivity index (χ2n) is 5.71. The van der Waals surface area contributed by atoms with Gasteiger partial charge in [0.25, 0.3) is 6.02 Å². The second-order valence-corrected chi connectivity index (χ2v) is 5.71. The SMILES string of the molecule is Cc1cccc(C(Cc2ccccc2)NC2=NCCO2)c1C. The fourth-order valence-corrected chi connectivity index (χ4v) is 2.81. The third-order valence-corrected chi connectivity index (χ3v) is 4.19. The molecule has 3 heteroatoms. The van der Waals surface area contributed by atoms with Crippen LogP contribution in [0.5, 0.6) is 0 Å². The number of aliphatic imine (C=N–C) groups is 1. The molecule has 0 amide bonds. The van der Waals surface area contributed by atoms with E-state index in [-0.39, 0.29) is 6.04 Å². The average Bonchev–Trinajstić information content (AvgIpc) is 3.03. The standard InChI is InChI=1S/C19H22N2O/c1-14-7-6-10-17(15(14)2)18(21-19-20-11-12-22-19)13-16-8-4-3-5-9-16/h3-10,18H,11-13H2,1-2H3,(H,20,21). The summed E-state index contributed by atoms with van der Waals surface area (Å²) in [4.78, 5) is 4.38. The van der Waals surface area contributed by atoms with Gasteiger partial charge in [0.05, 0.1) is 12.6 Å². The molecule has 1 heterocycles. The molecule has 2 aromatic carbocycles. The highest BCUT2D eigenvalue weighted by Gasteiger charge is 2.19. The molecule has 0 saturated carbocycles. The van der Waals surface area contributed by atoms with Gasteiger partial charge in [0, 0.05) is 0 Å². The predicted octanol–water partition coefficient (Wildman–Crippen LogP) is 3.56. The normalized spacial score (nSPS) is 15.1. The van der Waals surface area contributed by atoms with Gasteiger partial charge in [0.15, 0.2) is 0 Å². The van der Waals surface area contributed by atoms with Crippen LogP contribution in [-0.2, 0) is 11.2 Å². The summed E-state index contributed by atoms with van der Waals surface area (Å²) in [5.74, 6) is 0. The van der Waals surface area contributed by atoms with Crippen LogP contribution in [0.3, 0.4) is 0 Å². The van der Waals surface area contributed by atoms with Gasteiger partial charge in [-0.25, -0.2) is 4.99 Å². The lowest BCUT2D eigenvalue weighted by molar-refractivity contribution is 0.325. The van der Waals surface area contributed by atoms with Gasteiger partial charge >= 0.3 is 0 Å². The summed E-state index contributed by atoms with van der Waals surface area (Å²) < 4.78 is 5.55. The third-order valence-electron chi connectivity index (χ3n) is 4.19. The van der Waals surface area contributed by atoms with Crippen molar-refractivity contribution in [2.45, 2.75) is 26.3 Å². The van der Waals surface area contributed by atoms with Gasteiger partial charge in [0.2, 0.25) is 0 Å². The molecule has 1 aliphatic rings. The molecule has 1 unspecified atom stereocenters. The van der Waals surface area contributed by atoms with Gasteiger partial charge in [-0.3, -0.25) is 0 Å². The fraction of sp³-hybridized carbons (Fsp3) is 0.316. The van der Waals surface area contributed by atoms with Gasteiger partial charge in [-0.05, 0) is 42.5 Å². The molecule has 0 bridgehead atoms. The predicted molar refractivity (Wildman–Crippen MR) is 90.2 cm³/mol. The van der Waals surface area contributed by atoms with Crippen LogP contribution in [0, 0.1) is 13.8 Å². The average molecular weight is 294 g/mol. The Hall–Kier alpha value is -2.29. The first-order valence-electron chi connectivity index (χ1n) is 7.78.